The zero-order valence-electron chi connectivity index (χ0n) is 14.4. The molecular formula is C20H24N2O3. The van der Waals surface area contributed by atoms with Gasteiger partial charge in [0.05, 0.1) is 7.11 Å². The second-order valence-corrected chi connectivity index (χ2v) is 6.37. The van der Waals surface area contributed by atoms with Crippen LogP contribution < -0.4 is 10.1 Å². The number of carbonyl (C=O) groups excluding carboxylic acids is 1. The maximum absolute atomic E-state index is 13.0. The molecule has 0 saturated carbocycles. The van der Waals surface area contributed by atoms with Crippen LogP contribution in [0.25, 0.3) is 0 Å². The number of amides is 1. The molecule has 2 unspecified atom stereocenters. The molecule has 2 aromatic carbocycles. The van der Waals surface area contributed by atoms with Gasteiger partial charge in [-0.25, -0.2) is 0 Å². The first-order chi connectivity index (χ1) is 12.2. The van der Waals surface area contributed by atoms with Gasteiger partial charge >= 0.3 is 0 Å². The highest BCUT2D eigenvalue weighted by atomic mass is 16.5. The highest BCUT2D eigenvalue weighted by molar-refractivity contribution is 5.95. The van der Waals surface area contributed by atoms with Crippen molar-refractivity contribution in [3.05, 3.63) is 60.2 Å². The number of hydrogen-bond acceptors (Lipinski definition) is 4. The van der Waals surface area contributed by atoms with Gasteiger partial charge < -0.3 is 15.2 Å². The molecule has 1 aliphatic rings. The van der Waals surface area contributed by atoms with E-state index in [9.17, 15) is 9.90 Å². The van der Waals surface area contributed by atoms with Crippen LogP contribution in [0.3, 0.4) is 0 Å². The third-order valence-electron chi connectivity index (χ3n) is 4.64. The topological polar surface area (TPSA) is 61.8 Å². The average Bonchev–Trinajstić information content (AvgIpc) is 3.11. The van der Waals surface area contributed by atoms with Crippen molar-refractivity contribution in [2.45, 2.75) is 12.5 Å². The molecule has 5 heteroatoms. The number of aliphatic hydroxyl groups excluding tert-OH is 1. The molecule has 0 spiro atoms. The van der Waals surface area contributed by atoms with Crippen LogP contribution in [0.1, 0.15) is 18.0 Å². The number of rotatable bonds is 6. The van der Waals surface area contributed by atoms with Crippen molar-refractivity contribution >= 4 is 11.6 Å². The number of hydrogen-bond donors (Lipinski definition) is 2. The van der Waals surface area contributed by atoms with E-state index in [1.807, 2.05) is 48.5 Å². The third-order valence-corrected chi connectivity index (χ3v) is 4.64. The van der Waals surface area contributed by atoms with Crippen molar-refractivity contribution in [2.24, 2.45) is 5.92 Å². The normalized spacial score (nSPS) is 18.7. The van der Waals surface area contributed by atoms with E-state index < -0.39 is 0 Å². The maximum Gasteiger partial charge on any atom is 0.246 e. The summed E-state index contributed by atoms with van der Waals surface area (Å²) >= 11 is 0. The average molecular weight is 340 g/mol. The molecule has 3 rings (SSSR count). The van der Waals surface area contributed by atoms with Crippen molar-refractivity contribution in [1.29, 1.82) is 0 Å². The molecule has 0 radical (unpaired) electrons. The monoisotopic (exact) mass is 340 g/mol. The summed E-state index contributed by atoms with van der Waals surface area (Å²) < 4.78 is 5.22. The quantitative estimate of drug-likeness (QED) is 0.849. The Balaban J connectivity index is 1.82. The Morgan fingerprint density at radius 1 is 1.28 bits per heavy atom. The van der Waals surface area contributed by atoms with E-state index in [2.05, 4.69) is 10.2 Å². The number of benzene rings is 2. The van der Waals surface area contributed by atoms with Gasteiger partial charge in [0.15, 0.2) is 0 Å². The molecule has 2 atom stereocenters. The van der Waals surface area contributed by atoms with Gasteiger partial charge in [-0.2, -0.15) is 0 Å². The van der Waals surface area contributed by atoms with Gasteiger partial charge in [-0.05, 0) is 36.6 Å². The second kappa shape index (κ2) is 8.14. The van der Waals surface area contributed by atoms with Crippen molar-refractivity contribution in [1.82, 2.24) is 4.90 Å². The molecular weight excluding hydrogens is 316 g/mol. The number of nitrogens with zero attached hydrogens (tertiary/aromatic N) is 1. The van der Waals surface area contributed by atoms with Gasteiger partial charge in [0, 0.05) is 24.9 Å². The van der Waals surface area contributed by atoms with Crippen molar-refractivity contribution < 1.29 is 14.6 Å². The number of ether oxygens (including phenoxy) is 1. The number of anilines is 1. The highest BCUT2D eigenvalue weighted by Crippen LogP contribution is 2.29. The fraction of sp³-hybridized carbons (Fsp3) is 0.350. The lowest BCUT2D eigenvalue weighted by Crippen LogP contribution is -2.36. The van der Waals surface area contributed by atoms with Crippen LogP contribution in [0.2, 0.25) is 0 Å². The molecule has 0 aliphatic carbocycles. The van der Waals surface area contributed by atoms with Crippen molar-refractivity contribution in [3.63, 3.8) is 0 Å². The van der Waals surface area contributed by atoms with Crippen LogP contribution in [-0.4, -0.2) is 42.7 Å². The first kappa shape index (κ1) is 17.5. The zero-order chi connectivity index (χ0) is 17.6. The van der Waals surface area contributed by atoms with E-state index in [1.165, 1.54) is 0 Å². The van der Waals surface area contributed by atoms with E-state index >= 15 is 0 Å². The minimum absolute atomic E-state index is 0.0713. The van der Waals surface area contributed by atoms with Gasteiger partial charge in [-0.1, -0.05) is 36.4 Å². The standard InChI is InChI=1S/C20H24N2O3/c1-25-18-9-5-8-17(12-18)21-20(24)19(16-6-3-2-4-7-16)22-11-10-15(13-22)14-23/h2-9,12,15,19,23H,10-11,13-14H2,1H3,(H,21,24). The van der Waals surface area contributed by atoms with E-state index in [4.69, 9.17) is 4.74 Å². The molecule has 1 amide bonds. The van der Waals surface area contributed by atoms with E-state index in [-0.39, 0.29) is 24.5 Å². The smallest absolute Gasteiger partial charge is 0.246 e. The van der Waals surface area contributed by atoms with Gasteiger partial charge in [-0.15, -0.1) is 0 Å². The Bertz CT molecular complexity index is 705. The number of likely N-dealkylation sites (tertiary alicyclic amines) is 1. The molecule has 2 aromatic rings. The number of methoxy groups -OCH3 is 1. The fourth-order valence-corrected chi connectivity index (χ4v) is 3.32. The van der Waals surface area contributed by atoms with E-state index in [1.54, 1.807) is 13.2 Å². The molecule has 0 bridgehead atoms. The zero-order valence-corrected chi connectivity index (χ0v) is 14.4. The Hall–Kier alpha value is -2.37. The summed E-state index contributed by atoms with van der Waals surface area (Å²) in [7, 11) is 1.60. The predicted octanol–water partition coefficient (Wildman–Crippen LogP) is 2.69. The summed E-state index contributed by atoms with van der Waals surface area (Å²) in [4.78, 5) is 15.2. The fourth-order valence-electron chi connectivity index (χ4n) is 3.32. The number of nitrogens with one attached hydrogen (secondary N) is 1. The third kappa shape index (κ3) is 4.18. The molecule has 1 fully saturated rings. The molecule has 132 valence electrons. The largest absolute Gasteiger partial charge is 0.497 e. The van der Waals surface area contributed by atoms with Crippen LogP contribution in [-0.2, 0) is 4.79 Å². The van der Waals surface area contributed by atoms with Crippen LogP contribution in [0, 0.1) is 5.92 Å². The summed E-state index contributed by atoms with van der Waals surface area (Å²) in [5.41, 5.74) is 1.67. The summed E-state index contributed by atoms with van der Waals surface area (Å²) in [6.45, 7) is 1.69. The molecule has 25 heavy (non-hydrogen) atoms. The highest BCUT2D eigenvalue weighted by Gasteiger charge is 2.33. The summed E-state index contributed by atoms with van der Waals surface area (Å²) in [5, 5.41) is 12.4. The van der Waals surface area contributed by atoms with Gasteiger partial charge in [0.25, 0.3) is 0 Å². The molecule has 5 nitrogen and oxygen atoms in total. The molecule has 1 saturated heterocycles. The number of carbonyl (C=O) groups is 1. The molecule has 2 N–H and O–H groups in total. The number of aliphatic hydroxyl groups is 1. The Kier molecular flexibility index (Phi) is 5.68. The minimum atomic E-state index is -0.371. The van der Waals surface area contributed by atoms with Gasteiger partial charge in [0.1, 0.15) is 11.8 Å². The van der Waals surface area contributed by atoms with Crippen molar-refractivity contribution in [2.75, 3.05) is 32.1 Å². The summed E-state index contributed by atoms with van der Waals surface area (Å²) in [6, 6.07) is 16.8. The SMILES string of the molecule is COc1cccc(NC(=O)C(c2ccccc2)N2CCC(CO)C2)c1. The van der Waals surface area contributed by atoms with E-state index in [0.29, 0.717) is 11.4 Å². The lowest BCUT2D eigenvalue weighted by Gasteiger charge is -2.27. The minimum Gasteiger partial charge on any atom is -0.497 e. The first-order valence-corrected chi connectivity index (χ1v) is 8.56. The Labute approximate surface area is 148 Å². The molecule has 1 aliphatic heterocycles. The second-order valence-electron chi connectivity index (χ2n) is 6.37. The first-order valence-electron chi connectivity index (χ1n) is 8.56. The summed E-state index contributed by atoms with van der Waals surface area (Å²) in [5.74, 6) is 0.865. The lowest BCUT2D eigenvalue weighted by atomic mass is 10.0. The van der Waals surface area contributed by atoms with Crippen LogP contribution >= 0.6 is 0 Å². The van der Waals surface area contributed by atoms with Gasteiger partial charge in [-0.3, -0.25) is 9.69 Å². The molecule has 1 heterocycles. The van der Waals surface area contributed by atoms with E-state index in [0.717, 1.165) is 25.1 Å². The lowest BCUT2D eigenvalue weighted by molar-refractivity contribution is -0.121. The maximum atomic E-state index is 13.0. The van der Waals surface area contributed by atoms with Crippen LogP contribution in [0.5, 0.6) is 5.75 Å². The Morgan fingerprint density at radius 2 is 2.08 bits per heavy atom. The Morgan fingerprint density at radius 3 is 2.76 bits per heavy atom. The van der Waals surface area contributed by atoms with Crippen molar-refractivity contribution in [3.8, 4) is 5.75 Å². The summed E-state index contributed by atoms with van der Waals surface area (Å²) in [6.07, 6.45) is 0.909. The van der Waals surface area contributed by atoms with Crippen LogP contribution in [0.15, 0.2) is 54.6 Å². The van der Waals surface area contributed by atoms with Gasteiger partial charge in [0.2, 0.25) is 5.91 Å². The molecule has 0 aromatic heterocycles. The van der Waals surface area contributed by atoms with Crippen LogP contribution in [0.4, 0.5) is 5.69 Å². The predicted molar refractivity (Wildman–Crippen MR) is 97.6 cm³/mol.